The maximum absolute atomic E-state index is 13.2. The minimum Gasteiger partial charge on any atom is -0.362 e. The summed E-state index contributed by atoms with van der Waals surface area (Å²) >= 11 is 5.08. The first-order valence-corrected chi connectivity index (χ1v) is 13.6. The highest BCUT2D eigenvalue weighted by molar-refractivity contribution is 7.80. The lowest BCUT2D eigenvalue weighted by Crippen LogP contribution is -2.60. The molecule has 222 valence electrons. The number of likely N-dealkylation sites (N-methyl/N-ethyl adjacent to an activating group) is 1. The standard InChI is InChI=1S/C30H28F6N4OS/c1-40(2)27-25-21-9-5-3-7-19(21)24(20-8-4-6-10-22(20)25)26(27)39-23(41)11-12-37-28(42)38-18-14-16(29(31,32)33)13-17(15-18)30(34,35)36/h3-10,13-15,24-27H,11-12H2,1-2H3,(H,39,41)(H2,37,38,42). The number of thiocarbonyl (C=S) groups is 1. The van der Waals surface area contributed by atoms with E-state index in [0.29, 0.717) is 12.1 Å². The molecular formula is C30H28F6N4OS. The van der Waals surface area contributed by atoms with E-state index in [1.807, 2.05) is 38.4 Å². The average molecular weight is 607 g/mol. The number of rotatable bonds is 6. The SMILES string of the molecule is CN(C)C1C2c3ccccc3C(c3ccccc32)C1NC(=O)CCNC(=S)Nc1cc(C(F)(F)F)cc(C(F)(F)F)c1. The van der Waals surface area contributed by atoms with E-state index in [-0.39, 0.29) is 54.0 Å². The van der Waals surface area contributed by atoms with Crippen LogP contribution in [0.4, 0.5) is 32.0 Å². The summed E-state index contributed by atoms with van der Waals surface area (Å²) in [4.78, 5) is 15.3. The van der Waals surface area contributed by atoms with Gasteiger partial charge in [0.2, 0.25) is 5.91 Å². The first-order valence-electron chi connectivity index (χ1n) is 13.2. The van der Waals surface area contributed by atoms with Gasteiger partial charge in [-0.25, -0.2) is 0 Å². The summed E-state index contributed by atoms with van der Waals surface area (Å²) in [5, 5.41) is 8.06. The fraction of sp³-hybridized carbons (Fsp3) is 0.333. The van der Waals surface area contributed by atoms with E-state index in [1.54, 1.807) is 0 Å². The molecule has 6 rings (SSSR count). The topological polar surface area (TPSA) is 56.4 Å². The number of hydrogen-bond acceptors (Lipinski definition) is 3. The molecule has 0 radical (unpaired) electrons. The van der Waals surface area contributed by atoms with Gasteiger partial charge >= 0.3 is 12.4 Å². The fourth-order valence-electron chi connectivity index (χ4n) is 6.19. The van der Waals surface area contributed by atoms with E-state index >= 15 is 0 Å². The molecule has 2 atom stereocenters. The van der Waals surface area contributed by atoms with Crippen molar-refractivity contribution in [2.45, 2.75) is 42.7 Å². The van der Waals surface area contributed by atoms with Crippen molar-refractivity contribution in [2.75, 3.05) is 26.0 Å². The van der Waals surface area contributed by atoms with Crippen LogP contribution in [-0.2, 0) is 17.1 Å². The predicted molar refractivity (Wildman–Crippen MR) is 151 cm³/mol. The van der Waals surface area contributed by atoms with Crippen LogP contribution in [0.15, 0.2) is 66.7 Å². The highest BCUT2D eigenvalue weighted by Gasteiger charge is 2.51. The number of anilines is 1. The second-order valence-electron chi connectivity index (χ2n) is 10.7. The highest BCUT2D eigenvalue weighted by atomic mass is 32.1. The highest BCUT2D eigenvalue weighted by Crippen LogP contribution is 2.53. The number of fused-ring (bicyclic) bond motifs is 1. The number of amides is 1. The van der Waals surface area contributed by atoms with Crippen LogP contribution in [0.5, 0.6) is 0 Å². The van der Waals surface area contributed by atoms with Gasteiger partial charge < -0.3 is 20.9 Å². The van der Waals surface area contributed by atoms with Crippen LogP contribution < -0.4 is 16.0 Å². The number of nitrogens with zero attached hydrogens (tertiary/aromatic N) is 1. The number of carbonyl (C=O) groups is 1. The van der Waals surface area contributed by atoms with E-state index in [1.165, 1.54) is 22.3 Å². The van der Waals surface area contributed by atoms with Crippen molar-refractivity contribution < 1.29 is 31.1 Å². The molecule has 0 saturated heterocycles. The van der Waals surface area contributed by atoms with E-state index < -0.39 is 29.2 Å². The third-order valence-electron chi connectivity index (χ3n) is 7.81. The summed E-state index contributed by atoms with van der Waals surface area (Å²) in [7, 11) is 3.97. The van der Waals surface area contributed by atoms with Crippen LogP contribution in [0.25, 0.3) is 0 Å². The molecule has 0 aromatic heterocycles. The Kier molecular flexibility index (Phi) is 7.97. The molecule has 12 heteroatoms. The van der Waals surface area contributed by atoms with Gasteiger partial charge in [-0.2, -0.15) is 26.3 Å². The molecule has 0 saturated carbocycles. The van der Waals surface area contributed by atoms with Gasteiger partial charge in [-0.1, -0.05) is 48.5 Å². The van der Waals surface area contributed by atoms with Crippen molar-refractivity contribution in [3.63, 3.8) is 0 Å². The van der Waals surface area contributed by atoms with Crippen molar-refractivity contribution in [2.24, 2.45) is 0 Å². The monoisotopic (exact) mass is 606 g/mol. The van der Waals surface area contributed by atoms with Gasteiger partial charge in [0.1, 0.15) is 0 Å². The molecule has 42 heavy (non-hydrogen) atoms. The molecule has 0 fully saturated rings. The van der Waals surface area contributed by atoms with Crippen LogP contribution in [0.1, 0.15) is 51.6 Å². The Morgan fingerprint density at radius 3 is 1.74 bits per heavy atom. The summed E-state index contributed by atoms with van der Waals surface area (Å²) in [6, 6.07) is 17.4. The number of alkyl halides is 6. The summed E-state index contributed by atoms with van der Waals surface area (Å²) in [6.45, 7) is 0.0172. The molecule has 0 heterocycles. The molecule has 3 aliphatic rings. The lowest BCUT2D eigenvalue weighted by atomic mass is 9.59. The average Bonchev–Trinajstić information content (AvgIpc) is 2.91. The Morgan fingerprint density at radius 1 is 0.810 bits per heavy atom. The predicted octanol–water partition coefficient (Wildman–Crippen LogP) is 6.11. The zero-order chi connectivity index (χ0) is 30.4. The molecule has 1 amide bonds. The zero-order valence-corrected chi connectivity index (χ0v) is 23.4. The molecule has 2 unspecified atom stereocenters. The first-order chi connectivity index (χ1) is 19.8. The molecular weight excluding hydrogens is 578 g/mol. The Labute approximate surface area is 244 Å². The normalized spacial score (nSPS) is 21.0. The largest absolute Gasteiger partial charge is 0.416 e. The number of nitrogens with one attached hydrogen (secondary N) is 3. The number of halogens is 6. The van der Waals surface area contributed by atoms with Crippen molar-refractivity contribution >= 4 is 28.9 Å². The molecule has 0 spiro atoms. The number of hydrogen-bond donors (Lipinski definition) is 3. The van der Waals surface area contributed by atoms with Crippen molar-refractivity contribution in [3.05, 3.63) is 100 Å². The number of benzene rings is 3. The van der Waals surface area contributed by atoms with Gasteiger partial charge in [0.15, 0.2) is 5.11 Å². The Balaban J connectivity index is 1.26. The second kappa shape index (κ2) is 11.2. The maximum atomic E-state index is 13.2. The molecule has 2 bridgehead atoms. The van der Waals surface area contributed by atoms with Crippen molar-refractivity contribution in [1.29, 1.82) is 0 Å². The Bertz CT molecular complexity index is 1430. The summed E-state index contributed by atoms with van der Waals surface area (Å²) in [5.74, 6) is -0.257. The van der Waals surface area contributed by atoms with Crippen LogP contribution in [0, 0.1) is 0 Å². The summed E-state index contributed by atoms with van der Waals surface area (Å²) < 4.78 is 79.0. The van der Waals surface area contributed by atoms with Gasteiger partial charge in [-0.3, -0.25) is 4.79 Å². The van der Waals surface area contributed by atoms with E-state index in [2.05, 4.69) is 45.1 Å². The zero-order valence-electron chi connectivity index (χ0n) is 22.6. The Hall–Kier alpha value is -3.64. The minimum atomic E-state index is -4.98. The maximum Gasteiger partial charge on any atom is 0.416 e. The Morgan fingerprint density at radius 2 is 1.29 bits per heavy atom. The van der Waals surface area contributed by atoms with Gasteiger partial charge in [0, 0.05) is 36.5 Å². The summed E-state index contributed by atoms with van der Waals surface area (Å²) in [5.41, 5.74) is 1.45. The first kappa shape index (κ1) is 29.8. The molecule has 3 N–H and O–H groups in total. The summed E-state index contributed by atoms with van der Waals surface area (Å²) in [6.07, 6.45) is -9.97. The van der Waals surface area contributed by atoms with Crippen LogP contribution in [0.2, 0.25) is 0 Å². The molecule has 3 aromatic rings. The smallest absolute Gasteiger partial charge is 0.362 e. The van der Waals surface area contributed by atoms with Gasteiger partial charge in [0.05, 0.1) is 17.2 Å². The molecule has 0 aliphatic heterocycles. The van der Waals surface area contributed by atoms with Crippen LogP contribution >= 0.6 is 12.2 Å². The third kappa shape index (κ3) is 5.82. The lowest BCUT2D eigenvalue weighted by Gasteiger charge is -2.53. The van der Waals surface area contributed by atoms with Crippen molar-refractivity contribution in [1.82, 2.24) is 15.5 Å². The van der Waals surface area contributed by atoms with Gasteiger partial charge in [-0.05, 0) is 66.8 Å². The van der Waals surface area contributed by atoms with Crippen molar-refractivity contribution in [3.8, 4) is 0 Å². The molecule has 3 aliphatic carbocycles. The van der Waals surface area contributed by atoms with E-state index in [4.69, 9.17) is 12.2 Å². The van der Waals surface area contributed by atoms with E-state index in [9.17, 15) is 31.1 Å². The molecule has 3 aromatic carbocycles. The second-order valence-corrected chi connectivity index (χ2v) is 11.1. The lowest BCUT2D eigenvalue weighted by molar-refractivity contribution is -0.143. The number of carbonyl (C=O) groups excluding carboxylic acids is 1. The quantitative estimate of drug-likeness (QED) is 0.234. The third-order valence-corrected chi connectivity index (χ3v) is 8.05. The van der Waals surface area contributed by atoms with Gasteiger partial charge in [-0.15, -0.1) is 0 Å². The fourth-order valence-corrected chi connectivity index (χ4v) is 6.41. The van der Waals surface area contributed by atoms with Gasteiger partial charge in [0.25, 0.3) is 0 Å². The van der Waals surface area contributed by atoms with Crippen LogP contribution in [-0.4, -0.2) is 48.6 Å². The minimum absolute atomic E-state index is 0.0109. The van der Waals surface area contributed by atoms with Crippen LogP contribution in [0.3, 0.4) is 0 Å². The van der Waals surface area contributed by atoms with E-state index in [0.717, 1.165) is 0 Å². The molecule has 5 nitrogen and oxygen atoms in total.